The minimum absolute atomic E-state index is 0.0638. The Morgan fingerprint density at radius 2 is 2.12 bits per heavy atom. The Balaban J connectivity index is 3.19. The summed E-state index contributed by atoms with van der Waals surface area (Å²) < 4.78 is 44.2. The van der Waals surface area contributed by atoms with E-state index in [1.165, 1.54) is 7.11 Å². The van der Waals surface area contributed by atoms with Crippen molar-refractivity contribution < 1.29 is 22.6 Å². The number of rotatable bonds is 2. The summed E-state index contributed by atoms with van der Waals surface area (Å²) in [5.74, 6) is -0.901. The number of methoxy groups -OCH3 is 1. The van der Waals surface area contributed by atoms with Gasteiger partial charge in [-0.15, -0.1) is 13.2 Å². The third kappa shape index (κ3) is 3.00. The minimum atomic E-state index is -4.86. The van der Waals surface area contributed by atoms with Gasteiger partial charge in [-0.1, -0.05) is 0 Å². The Labute approximate surface area is 96.7 Å². The van der Waals surface area contributed by atoms with Gasteiger partial charge in [0.05, 0.1) is 17.1 Å². The van der Waals surface area contributed by atoms with Gasteiger partial charge in [-0.2, -0.15) is 10.2 Å². The van der Waals surface area contributed by atoms with Gasteiger partial charge < -0.3 is 9.47 Å². The normalized spacial score (nSPS) is 10.8. The third-order valence-electron chi connectivity index (χ3n) is 1.44. The van der Waals surface area contributed by atoms with Crippen molar-refractivity contribution in [1.29, 1.82) is 5.26 Å². The van der Waals surface area contributed by atoms with E-state index in [2.05, 4.69) is 30.4 Å². The topological polar surface area (TPSA) is 55.1 Å². The average molecular weight is 297 g/mol. The lowest BCUT2D eigenvalue weighted by molar-refractivity contribution is -0.276. The van der Waals surface area contributed by atoms with Crippen LogP contribution in [-0.4, -0.2) is 18.5 Å². The number of hydrogen-bond acceptors (Lipinski definition) is 4. The molecule has 0 aliphatic rings. The maximum absolute atomic E-state index is 11.9. The van der Waals surface area contributed by atoms with E-state index in [4.69, 9.17) is 5.26 Å². The second-order valence-electron chi connectivity index (χ2n) is 2.49. The third-order valence-corrected chi connectivity index (χ3v) is 2.20. The summed E-state index contributed by atoms with van der Waals surface area (Å²) >= 11 is 2.97. The Kier molecular flexibility index (Phi) is 3.59. The van der Waals surface area contributed by atoms with E-state index >= 15 is 0 Å². The second-order valence-corrected chi connectivity index (χ2v) is 3.28. The summed E-state index contributed by atoms with van der Waals surface area (Å²) in [4.78, 5) is 3.42. The van der Waals surface area contributed by atoms with Crippen LogP contribution < -0.4 is 9.47 Å². The molecule has 0 saturated carbocycles. The van der Waals surface area contributed by atoms with E-state index in [1.807, 2.05) is 0 Å². The van der Waals surface area contributed by atoms with Crippen molar-refractivity contribution >= 4 is 15.9 Å². The van der Waals surface area contributed by atoms with Gasteiger partial charge in [0.2, 0.25) is 11.8 Å². The summed E-state index contributed by atoms with van der Waals surface area (Å²) in [6.07, 6.45) is -4.86. The quantitative estimate of drug-likeness (QED) is 0.842. The van der Waals surface area contributed by atoms with E-state index in [9.17, 15) is 13.2 Å². The van der Waals surface area contributed by atoms with Gasteiger partial charge >= 0.3 is 6.36 Å². The number of halogens is 4. The van der Waals surface area contributed by atoms with Crippen molar-refractivity contribution in [3.63, 3.8) is 0 Å². The molecule has 0 amide bonds. The minimum Gasteiger partial charge on any atom is -0.480 e. The molecule has 1 heterocycles. The molecule has 0 bridgehead atoms. The molecule has 0 radical (unpaired) electrons. The van der Waals surface area contributed by atoms with Crippen LogP contribution in [0.15, 0.2) is 10.5 Å². The van der Waals surface area contributed by atoms with Crippen LogP contribution in [0.2, 0.25) is 0 Å². The van der Waals surface area contributed by atoms with Crippen LogP contribution in [0.4, 0.5) is 13.2 Å². The second kappa shape index (κ2) is 4.57. The molecule has 4 nitrogen and oxygen atoms in total. The first kappa shape index (κ1) is 12.6. The molecular weight excluding hydrogens is 293 g/mol. The molecule has 0 N–H and O–H groups in total. The summed E-state index contributed by atoms with van der Waals surface area (Å²) in [7, 11) is 1.21. The van der Waals surface area contributed by atoms with Crippen molar-refractivity contribution in [2.75, 3.05) is 7.11 Å². The van der Waals surface area contributed by atoms with Crippen molar-refractivity contribution in [2.45, 2.75) is 6.36 Å². The highest BCUT2D eigenvalue weighted by molar-refractivity contribution is 9.10. The molecule has 8 heteroatoms. The highest BCUT2D eigenvalue weighted by Gasteiger charge is 2.32. The Bertz CT molecular complexity index is 442. The number of nitrogens with zero attached hydrogens (tertiary/aromatic N) is 2. The molecule has 0 fully saturated rings. The lowest BCUT2D eigenvalue weighted by atomic mass is 10.3. The molecule has 1 rings (SSSR count). The van der Waals surface area contributed by atoms with E-state index in [-0.39, 0.29) is 15.9 Å². The highest BCUT2D eigenvalue weighted by atomic mass is 79.9. The first-order chi connectivity index (χ1) is 7.37. The van der Waals surface area contributed by atoms with E-state index in [0.717, 1.165) is 6.07 Å². The lowest BCUT2D eigenvalue weighted by Crippen LogP contribution is -2.18. The van der Waals surface area contributed by atoms with Crippen molar-refractivity contribution in [3.8, 4) is 17.8 Å². The molecule has 1 aromatic heterocycles. The predicted molar refractivity (Wildman–Crippen MR) is 49.9 cm³/mol. The van der Waals surface area contributed by atoms with Gasteiger partial charge in [-0.05, 0) is 15.9 Å². The lowest BCUT2D eigenvalue weighted by Gasteiger charge is -2.10. The average Bonchev–Trinajstić information content (AvgIpc) is 2.18. The molecule has 86 valence electrons. The van der Waals surface area contributed by atoms with Gasteiger partial charge in [-0.25, -0.2) is 0 Å². The summed E-state index contributed by atoms with van der Waals surface area (Å²) in [6, 6.07) is 2.54. The molecular formula is C8H4BrF3N2O2. The van der Waals surface area contributed by atoms with Crippen molar-refractivity contribution in [1.82, 2.24) is 4.98 Å². The van der Waals surface area contributed by atoms with Crippen molar-refractivity contribution in [2.24, 2.45) is 0 Å². The van der Waals surface area contributed by atoms with E-state index in [0.29, 0.717) is 0 Å². The summed E-state index contributed by atoms with van der Waals surface area (Å²) in [5.41, 5.74) is -0.0638. The largest absolute Gasteiger partial charge is 0.574 e. The van der Waals surface area contributed by atoms with E-state index < -0.39 is 12.2 Å². The fraction of sp³-hybridized carbons (Fsp3) is 0.250. The molecule has 0 atom stereocenters. The summed E-state index contributed by atoms with van der Waals surface area (Å²) in [6.45, 7) is 0. The standard InChI is InChI=1S/C8H4BrF3N2O2/c1-15-7-6(9)4(3-13)2-5(14-7)16-8(10,11)12/h2H,1H3. The van der Waals surface area contributed by atoms with E-state index in [1.54, 1.807) is 6.07 Å². The molecule has 0 unspecified atom stereocenters. The Morgan fingerprint density at radius 3 is 2.56 bits per heavy atom. The van der Waals surface area contributed by atoms with Crippen LogP contribution in [0.5, 0.6) is 11.8 Å². The number of alkyl halides is 3. The zero-order valence-corrected chi connectivity index (χ0v) is 9.39. The van der Waals surface area contributed by atoms with Gasteiger partial charge in [0.15, 0.2) is 0 Å². The maximum atomic E-state index is 11.9. The molecule has 16 heavy (non-hydrogen) atoms. The molecule has 0 aliphatic carbocycles. The van der Waals surface area contributed by atoms with Crippen molar-refractivity contribution in [3.05, 3.63) is 16.1 Å². The fourth-order valence-electron chi connectivity index (χ4n) is 0.871. The smallest absolute Gasteiger partial charge is 0.480 e. The molecule has 0 spiro atoms. The predicted octanol–water partition coefficient (Wildman–Crippen LogP) is 2.62. The fourth-order valence-corrected chi connectivity index (χ4v) is 1.32. The highest BCUT2D eigenvalue weighted by Crippen LogP contribution is 2.31. The SMILES string of the molecule is COc1nc(OC(F)(F)F)cc(C#N)c1Br. The van der Waals surface area contributed by atoms with Crippen LogP contribution in [0.1, 0.15) is 5.56 Å². The van der Waals surface area contributed by atoms with Crippen LogP contribution in [0, 0.1) is 11.3 Å². The molecule has 0 aromatic carbocycles. The zero-order chi connectivity index (χ0) is 12.3. The number of aromatic nitrogens is 1. The number of ether oxygens (including phenoxy) is 2. The Morgan fingerprint density at radius 1 is 1.50 bits per heavy atom. The number of pyridine rings is 1. The Hall–Kier alpha value is -1.49. The monoisotopic (exact) mass is 296 g/mol. The maximum Gasteiger partial charge on any atom is 0.574 e. The van der Waals surface area contributed by atoms with Gasteiger partial charge in [0, 0.05) is 6.07 Å². The van der Waals surface area contributed by atoms with Gasteiger partial charge in [0.25, 0.3) is 0 Å². The molecule has 0 saturated heterocycles. The number of hydrogen-bond donors (Lipinski definition) is 0. The van der Waals surface area contributed by atoms with Crippen LogP contribution in [-0.2, 0) is 0 Å². The van der Waals surface area contributed by atoms with Gasteiger partial charge in [-0.3, -0.25) is 0 Å². The molecule has 1 aromatic rings. The number of nitriles is 1. The van der Waals surface area contributed by atoms with Crippen LogP contribution >= 0.6 is 15.9 Å². The summed E-state index contributed by atoms with van der Waals surface area (Å²) in [5, 5.41) is 8.66. The van der Waals surface area contributed by atoms with Crippen LogP contribution in [0.3, 0.4) is 0 Å². The van der Waals surface area contributed by atoms with Crippen LogP contribution in [0.25, 0.3) is 0 Å². The molecule has 0 aliphatic heterocycles. The first-order valence-electron chi connectivity index (χ1n) is 3.77. The first-order valence-corrected chi connectivity index (χ1v) is 4.57. The van der Waals surface area contributed by atoms with Gasteiger partial charge in [0.1, 0.15) is 6.07 Å². The zero-order valence-electron chi connectivity index (χ0n) is 7.80.